The smallest absolute Gasteiger partial charge is 0.228 e. The molecule has 1 aromatic rings. The lowest BCUT2D eigenvalue weighted by molar-refractivity contribution is -0.122. The summed E-state index contributed by atoms with van der Waals surface area (Å²) in [6.45, 7) is 1.23. The van der Waals surface area contributed by atoms with Gasteiger partial charge in [0.25, 0.3) is 0 Å². The summed E-state index contributed by atoms with van der Waals surface area (Å²) in [6.07, 6.45) is 3.03. The highest BCUT2D eigenvalue weighted by Gasteiger charge is 2.23. The van der Waals surface area contributed by atoms with Crippen molar-refractivity contribution in [2.75, 3.05) is 18.5 Å². The number of ether oxygens (including phenoxy) is 1. The summed E-state index contributed by atoms with van der Waals surface area (Å²) in [5.74, 6) is 0.215. The summed E-state index contributed by atoms with van der Waals surface area (Å²) in [5, 5.41) is 15.6. The molecule has 2 heterocycles. The van der Waals surface area contributed by atoms with Crippen molar-refractivity contribution in [3.63, 3.8) is 0 Å². The number of aryl methyl sites for hydroxylation is 1. The highest BCUT2D eigenvalue weighted by atomic mass is 16.5. The van der Waals surface area contributed by atoms with Crippen molar-refractivity contribution in [2.24, 2.45) is 13.0 Å². The minimum Gasteiger partial charge on any atom is -0.381 e. The Kier molecular flexibility index (Phi) is 3.40. The first-order valence-electron chi connectivity index (χ1n) is 5.53. The zero-order valence-electron chi connectivity index (χ0n) is 9.64. The zero-order valence-corrected chi connectivity index (χ0v) is 9.64. The number of hydrogen-bond donors (Lipinski definition) is 1. The minimum absolute atomic E-state index is 0.0442. The molecular weight excluding hydrogens is 220 g/mol. The van der Waals surface area contributed by atoms with Crippen LogP contribution in [-0.2, 0) is 16.6 Å². The van der Waals surface area contributed by atoms with Gasteiger partial charge < -0.3 is 10.1 Å². The number of anilines is 1. The normalized spacial score (nSPS) is 16.5. The van der Waals surface area contributed by atoms with E-state index in [0.29, 0.717) is 24.6 Å². The largest absolute Gasteiger partial charge is 0.381 e. The predicted molar refractivity (Wildman–Crippen MR) is 60.1 cm³/mol. The topological polar surface area (TPSA) is 79.9 Å². The number of aromatic nitrogens is 2. The maximum atomic E-state index is 11.9. The molecule has 6 heteroatoms. The fourth-order valence-corrected chi connectivity index (χ4v) is 1.84. The molecule has 0 unspecified atom stereocenters. The van der Waals surface area contributed by atoms with Gasteiger partial charge in [-0.2, -0.15) is 10.4 Å². The van der Waals surface area contributed by atoms with Crippen LogP contribution >= 0.6 is 0 Å². The van der Waals surface area contributed by atoms with E-state index in [2.05, 4.69) is 10.4 Å². The van der Waals surface area contributed by atoms with E-state index in [-0.39, 0.29) is 11.8 Å². The van der Waals surface area contributed by atoms with Crippen LogP contribution in [0, 0.1) is 17.2 Å². The van der Waals surface area contributed by atoms with Gasteiger partial charge in [0.05, 0.1) is 0 Å². The fourth-order valence-electron chi connectivity index (χ4n) is 1.84. The molecule has 0 aromatic carbocycles. The molecule has 0 spiro atoms. The van der Waals surface area contributed by atoms with Gasteiger partial charge in [0, 0.05) is 32.4 Å². The van der Waals surface area contributed by atoms with Crippen LogP contribution in [0.3, 0.4) is 0 Å². The van der Waals surface area contributed by atoms with Crippen molar-refractivity contribution in [1.29, 1.82) is 5.26 Å². The monoisotopic (exact) mass is 234 g/mol. The van der Waals surface area contributed by atoms with E-state index in [1.807, 2.05) is 6.07 Å². The van der Waals surface area contributed by atoms with E-state index in [9.17, 15) is 4.79 Å². The summed E-state index contributed by atoms with van der Waals surface area (Å²) >= 11 is 0. The van der Waals surface area contributed by atoms with Crippen LogP contribution in [0.5, 0.6) is 0 Å². The first kappa shape index (κ1) is 11.6. The Labute approximate surface area is 99.2 Å². The molecule has 6 nitrogen and oxygen atoms in total. The molecule has 1 aliphatic rings. The van der Waals surface area contributed by atoms with E-state index in [4.69, 9.17) is 10.00 Å². The Bertz CT molecular complexity index is 455. The van der Waals surface area contributed by atoms with E-state index in [1.165, 1.54) is 4.68 Å². The zero-order chi connectivity index (χ0) is 12.3. The molecule has 1 amide bonds. The molecule has 90 valence electrons. The quantitative estimate of drug-likeness (QED) is 0.815. The van der Waals surface area contributed by atoms with Crippen LogP contribution < -0.4 is 5.32 Å². The van der Waals surface area contributed by atoms with Crippen LogP contribution in [-0.4, -0.2) is 28.9 Å². The van der Waals surface area contributed by atoms with Crippen LogP contribution in [0.15, 0.2) is 6.20 Å². The molecule has 0 aliphatic carbocycles. The molecule has 1 aliphatic heterocycles. The highest BCUT2D eigenvalue weighted by Crippen LogP contribution is 2.18. The number of nitrogens with zero attached hydrogens (tertiary/aromatic N) is 3. The average molecular weight is 234 g/mol. The maximum absolute atomic E-state index is 11.9. The first-order valence-corrected chi connectivity index (χ1v) is 5.53. The molecule has 1 saturated heterocycles. The number of carbonyl (C=O) groups is 1. The standard InChI is InChI=1S/C11H14N4O2/c1-15-7-9(6-12)10(14-15)13-11(16)8-2-4-17-5-3-8/h7-8H,2-5H2,1H3,(H,13,14,16). The van der Waals surface area contributed by atoms with E-state index in [1.54, 1.807) is 13.2 Å². The lowest BCUT2D eigenvalue weighted by Crippen LogP contribution is -2.28. The molecule has 0 saturated carbocycles. The van der Waals surface area contributed by atoms with Gasteiger partial charge in [-0.3, -0.25) is 9.48 Å². The van der Waals surface area contributed by atoms with Gasteiger partial charge in [-0.05, 0) is 12.8 Å². The Balaban J connectivity index is 2.04. The third kappa shape index (κ3) is 2.63. The Morgan fingerprint density at radius 2 is 2.35 bits per heavy atom. The average Bonchev–Trinajstić information content (AvgIpc) is 2.70. The number of hydrogen-bond acceptors (Lipinski definition) is 4. The molecule has 1 aromatic heterocycles. The highest BCUT2D eigenvalue weighted by molar-refractivity contribution is 5.92. The van der Waals surface area contributed by atoms with Crippen molar-refractivity contribution in [3.8, 4) is 6.07 Å². The Morgan fingerprint density at radius 3 is 3.00 bits per heavy atom. The third-order valence-corrected chi connectivity index (χ3v) is 2.78. The molecule has 1 N–H and O–H groups in total. The molecule has 2 rings (SSSR count). The number of nitrogens with one attached hydrogen (secondary N) is 1. The number of nitriles is 1. The Hall–Kier alpha value is -1.87. The van der Waals surface area contributed by atoms with Crippen molar-refractivity contribution >= 4 is 11.7 Å². The second kappa shape index (κ2) is 4.97. The predicted octanol–water partition coefficient (Wildman–Crippen LogP) is 0.657. The molecule has 17 heavy (non-hydrogen) atoms. The first-order chi connectivity index (χ1) is 8.20. The third-order valence-electron chi connectivity index (χ3n) is 2.78. The van der Waals surface area contributed by atoms with Gasteiger partial charge >= 0.3 is 0 Å². The SMILES string of the molecule is Cn1cc(C#N)c(NC(=O)C2CCOCC2)n1. The summed E-state index contributed by atoms with van der Waals surface area (Å²) in [5.41, 5.74) is 0.382. The second-order valence-corrected chi connectivity index (χ2v) is 4.05. The fraction of sp³-hybridized carbons (Fsp3) is 0.545. The summed E-state index contributed by atoms with van der Waals surface area (Å²) < 4.78 is 6.71. The van der Waals surface area contributed by atoms with Crippen molar-refractivity contribution in [2.45, 2.75) is 12.8 Å². The van der Waals surface area contributed by atoms with Crippen LogP contribution in [0.4, 0.5) is 5.82 Å². The maximum Gasteiger partial charge on any atom is 0.228 e. The van der Waals surface area contributed by atoms with Crippen LogP contribution in [0.1, 0.15) is 18.4 Å². The van der Waals surface area contributed by atoms with E-state index < -0.39 is 0 Å². The summed E-state index contributed by atoms with van der Waals surface area (Å²) in [4.78, 5) is 11.9. The van der Waals surface area contributed by atoms with Gasteiger partial charge in [0.2, 0.25) is 5.91 Å². The van der Waals surface area contributed by atoms with Crippen LogP contribution in [0.25, 0.3) is 0 Å². The van der Waals surface area contributed by atoms with E-state index in [0.717, 1.165) is 12.8 Å². The number of carbonyl (C=O) groups excluding carboxylic acids is 1. The molecule has 0 radical (unpaired) electrons. The van der Waals surface area contributed by atoms with Gasteiger partial charge in [-0.25, -0.2) is 0 Å². The van der Waals surface area contributed by atoms with Gasteiger partial charge in [-0.15, -0.1) is 0 Å². The summed E-state index contributed by atoms with van der Waals surface area (Å²) in [6, 6.07) is 2.00. The lowest BCUT2D eigenvalue weighted by atomic mass is 9.99. The van der Waals surface area contributed by atoms with E-state index >= 15 is 0 Å². The molecule has 0 bridgehead atoms. The van der Waals surface area contributed by atoms with Gasteiger partial charge in [0.15, 0.2) is 5.82 Å². The lowest BCUT2D eigenvalue weighted by Gasteiger charge is -2.20. The number of rotatable bonds is 2. The number of amides is 1. The van der Waals surface area contributed by atoms with Gasteiger partial charge in [0.1, 0.15) is 11.6 Å². The minimum atomic E-state index is -0.0801. The molecule has 1 fully saturated rings. The van der Waals surface area contributed by atoms with Crippen molar-refractivity contribution < 1.29 is 9.53 Å². The second-order valence-electron chi connectivity index (χ2n) is 4.05. The summed E-state index contributed by atoms with van der Waals surface area (Å²) in [7, 11) is 1.71. The van der Waals surface area contributed by atoms with Gasteiger partial charge in [-0.1, -0.05) is 0 Å². The van der Waals surface area contributed by atoms with Crippen molar-refractivity contribution in [1.82, 2.24) is 9.78 Å². The molecular formula is C11H14N4O2. The van der Waals surface area contributed by atoms with Crippen molar-refractivity contribution in [3.05, 3.63) is 11.8 Å². The molecule has 0 atom stereocenters. The Morgan fingerprint density at radius 1 is 1.65 bits per heavy atom. The van der Waals surface area contributed by atoms with Crippen LogP contribution in [0.2, 0.25) is 0 Å².